The van der Waals surface area contributed by atoms with E-state index in [1.165, 1.54) is 0 Å². The topological polar surface area (TPSA) is 66.4 Å². The number of carbonyl (C=O) groups is 2. The molecule has 0 spiro atoms. The van der Waals surface area contributed by atoms with Crippen molar-refractivity contribution >= 4 is 19.8 Å². The lowest BCUT2D eigenvalue weighted by molar-refractivity contribution is -0.157. The first kappa shape index (κ1) is 14.4. The summed E-state index contributed by atoms with van der Waals surface area (Å²) in [5.41, 5.74) is -0.714. The van der Waals surface area contributed by atoms with Gasteiger partial charge in [0.2, 0.25) is 0 Å². The number of Topliss-reactive ketones (excluding diaryl/α,β-unsaturated/α-hetero) is 1. The van der Waals surface area contributed by atoms with Crippen molar-refractivity contribution in [1.82, 2.24) is 5.32 Å². The lowest BCUT2D eigenvalue weighted by Gasteiger charge is -2.59. The van der Waals surface area contributed by atoms with Crippen LogP contribution in [-0.4, -0.2) is 35.6 Å². The van der Waals surface area contributed by atoms with Gasteiger partial charge in [-0.3, -0.25) is 14.9 Å². The first-order valence-electron chi connectivity index (χ1n) is 5.88. The second-order valence-electron chi connectivity index (χ2n) is 7.01. The molecule has 1 atom stereocenters. The second-order valence-corrected chi connectivity index (χ2v) is 12.5. The number of hydrogen-bond donors (Lipinski definition) is 2. The van der Waals surface area contributed by atoms with Crippen LogP contribution in [0.4, 0.5) is 0 Å². The zero-order chi connectivity index (χ0) is 13.9. The smallest absolute Gasteiger partial charge is 0.328 e. The lowest BCUT2D eigenvalue weighted by atomic mass is 9.82. The summed E-state index contributed by atoms with van der Waals surface area (Å²) in [6, 6.07) is 0. The number of carboxylic acids is 1. The normalized spacial score (nSPS) is 28.8. The third-order valence-electron chi connectivity index (χ3n) is 4.54. The summed E-state index contributed by atoms with van der Waals surface area (Å²) in [4.78, 5) is 24.0. The molecule has 4 nitrogen and oxygen atoms in total. The maximum atomic E-state index is 12.3. The highest BCUT2D eigenvalue weighted by Gasteiger charge is 2.72. The highest BCUT2D eigenvalue weighted by Crippen LogP contribution is 2.48. The lowest BCUT2D eigenvalue weighted by Crippen LogP contribution is -2.90. The molecule has 0 aromatic rings. The molecule has 1 fully saturated rings. The predicted molar refractivity (Wildman–Crippen MR) is 69.8 cm³/mol. The molecule has 0 aromatic heterocycles. The minimum absolute atomic E-state index is 0.162. The highest BCUT2D eigenvalue weighted by atomic mass is 28.3. The Balaban J connectivity index is 3.33. The molecule has 2 N–H and O–H groups in total. The number of ketones is 1. The molecule has 0 aliphatic carbocycles. The molecule has 1 rings (SSSR count). The summed E-state index contributed by atoms with van der Waals surface area (Å²) in [7, 11) is -2.35. The van der Waals surface area contributed by atoms with Crippen LogP contribution in [0.2, 0.25) is 18.1 Å². The molecule has 1 saturated heterocycles. The van der Waals surface area contributed by atoms with E-state index in [4.69, 9.17) is 0 Å². The van der Waals surface area contributed by atoms with Crippen LogP contribution < -0.4 is 5.32 Å². The Hall–Kier alpha value is -0.683. The van der Waals surface area contributed by atoms with Crippen LogP contribution in [-0.2, 0) is 9.59 Å². The van der Waals surface area contributed by atoms with Crippen molar-refractivity contribution in [3.63, 3.8) is 0 Å². The Morgan fingerprint density at radius 1 is 1.29 bits per heavy atom. The van der Waals surface area contributed by atoms with E-state index in [1.54, 1.807) is 13.8 Å². The average molecular weight is 257 g/mol. The molecule has 1 aliphatic heterocycles. The fourth-order valence-electron chi connectivity index (χ4n) is 2.41. The van der Waals surface area contributed by atoms with E-state index in [-0.39, 0.29) is 10.8 Å². The van der Waals surface area contributed by atoms with Gasteiger partial charge < -0.3 is 5.11 Å². The molecule has 0 bridgehead atoms. The molecule has 1 heterocycles. The molecule has 0 saturated carbocycles. The highest BCUT2D eigenvalue weighted by molar-refractivity contribution is 6.90. The zero-order valence-electron chi connectivity index (χ0n) is 11.8. The Morgan fingerprint density at radius 3 is 1.88 bits per heavy atom. The Labute approximate surface area is 104 Å². The van der Waals surface area contributed by atoms with Crippen molar-refractivity contribution in [3.8, 4) is 0 Å². The predicted octanol–water partition coefficient (Wildman–Crippen LogP) is 1.81. The van der Waals surface area contributed by atoms with Crippen LogP contribution in [0, 0.1) is 0 Å². The summed E-state index contributed by atoms with van der Waals surface area (Å²) in [5.74, 6) is -1.20. The van der Waals surface area contributed by atoms with E-state index < -0.39 is 24.7 Å². The SMILES string of the molecule is CC1(C)NC(C(=O)O)([Si](C)(C)C(C)(C)C)C1=O. The van der Waals surface area contributed by atoms with E-state index in [0.717, 1.165) is 0 Å². The third kappa shape index (κ3) is 1.59. The third-order valence-corrected chi connectivity index (χ3v) is 10.7. The van der Waals surface area contributed by atoms with Crippen LogP contribution in [0.1, 0.15) is 34.6 Å². The summed E-state index contributed by atoms with van der Waals surface area (Å²) < 4.78 is 0. The quantitative estimate of drug-likeness (QED) is 0.585. The molecule has 17 heavy (non-hydrogen) atoms. The van der Waals surface area contributed by atoms with Crippen LogP contribution in [0.3, 0.4) is 0 Å². The van der Waals surface area contributed by atoms with Crippen molar-refractivity contribution in [3.05, 3.63) is 0 Å². The number of hydrogen-bond acceptors (Lipinski definition) is 3. The summed E-state index contributed by atoms with van der Waals surface area (Å²) in [6.45, 7) is 13.5. The van der Waals surface area contributed by atoms with Gasteiger partial charge in [-0.05, 0) is 18.9 Å². The van der Waals surface area contributed by atoms with Crippen molar-refractivity contribution in [2.24, 2.45) is 0 Å². The molecule has 0 radical (unpaired) electrons. The monoisotopic (exact) mass is 257 g/mol. The van der Waals surface area contributed by atoms with E-state index in [0.29, 0.717) is 0 Å². The van der Waals surface area contributed by atoms with Gasteiger partial charge in [0.1, 0.15) is 8.07 Å². The van der Waals surface area contributed by atoms with Gasteiger partial charge in [-0.15, -0.1) is 0 Å². The molecular formula is C12H23NO3Si. The van der Waals surface area contributed by atoms with Crippen molar-refractivity contribution in [1.29, 1.82) is 0 Å². The van der Waals surface area contributed by atoms with E-state index >= 15 is 0 Å². The van der Waals surface area contributed by atoms with Crippen LogP contribution in [0.5, 0.6) is 0 Å². The van der Waals surface area contributed by atoms with Gasteiger partial charge in [0, 0.05) is 0 Å². The summed E-state index contributed by atoms with van der Waals surface area (Å²) in [5, 5.41) is 11.1. The van der Waals surface area contributed by atoms with Crippen LogP contribution >= 0.6 is 0 Å². The number of carbonyl (C=O) groups excluding carboxylic acids is 1. The van der Waals surface area contributed by atoms with Crippen molar-refractivity contribution < 1.29 is 14.7 Å². The first-order valence-corrected chi connectivity index (χ1v) is 8.88. The molecular weight excluding hydrogens is 234 g/mol. The molecule has 1 unspecified atom stereocenters. The molecule has 1 aliphatic rings. The zero-order valence-corrected chi connectivity index (χ0v) is 12.8. The minimum atomic E-state index is -2.35. The van der Waals surface area contributed by atoms with Gasteiger partial charge in [0.15, 0.2) is 10.9 Å². The largest absolute Gasteiger partial charge is 0.480 e. The Kier molecular flexibility index (Phi) is 2.89. The van der Waals surface area contributed by atoms with E-state index in [1.807, 2.05) is 33.9 Å². The fraction of sp³-hybridized carbons (Fsp3) is 0.833. The standard InChI is InChI=1S/C12H23NO3Si/c1-10(2,3)17(6,7)12(9(15)16)8(14)11(4,5)13-12/h13H,1-7H3,(H,15,16). The summed E-state index contributed by atoms with van der Waals surface area (Å²) in [6.07, 6.45) is 0. The van der Waals surface area contributed by atoms with Crippen LogP contribution in [0.15, 0.2) is 0 Å². The van der Waals surface area contributed by atoms with Gasteiger partial charge in [-0.25, -0.2) is 0 Å². The van der Waals surface area contributed by atoms with Gasteiger partial charge in [0.25, 0.3) is 0 Å². The van der Waals surface area contributed by atoms with E-state index in [2.05, 4.69) is 5.32 Å². The maximum Gasteiger partial charge on any atom is 0.328 e. The van der Waals surface area contributed by atoms with Crippen molar-refractivity contribution in [2.45, 2.75) is 63.5 Å². The molecule has 0 aromatic carbocycles. The van der Waals surface area contributed by atoms with Crippen molar-refractivity contribution in [2.75, 3.05) is 0 Å². The van der Waals surface area contributed by atoms with Crippen LogP contribution in [0.25, 0.3) is 0 Å². The molecule has 98 valence electrons. The summed E-state index contributed by atoms with van der Waals surface area (Å²) >= 11 is 0. The number of rotatable bonds is 2. The second kappa shape index (κ2) is 3.42. The maximum absolute atomic E-state index is 12.3. The average Bonchev–Trinajstić information content (AvgIpc) is 2.10. The number of aliphatic carboxylic acids is 1. The Morgan fingerprint density at radius 2 is 1.71 bits per heavy atom. The molecule has 5 heteroatoms. The minimum Gasteiger partial charge on any atom is -0.480 e. The van der Waals surface area contributed by atoms with Gasteiger partial charge in [-0.2, -0.15) is 0 Å². The number of carboxylic acid groups (broad SMARTS) is 1. The molecule has 0 amide bonds. The van der Waals surface area contributed by atoms with Gasteiger partial charge in [-0.1, -0.05) is 33.9 Å². The van der Waals surface area contributed by atoms with E-state index in [9.17, 15) is 14.7 Å². The fourth-order valence-corrected chi connectivity index (χ4v) is 5.57. The first-order chi connectivity index (χ1) is 7.31. The number of nitrogens with one attached hydrogen (secondary N) is 1. The van der Waals surface area contributed by atoms with Gasteiger partial charge >= 0.3 is 5.97 Å². The Bertz CT molecular complexity index is 382. The van der Waals surface area contributed by atoms with Gasteiger partial charge in [0.05, 0.1) is 5.54 Å².